The van der Waals surface area contributed by atoms with Gasteiger partial charge in [-0.2, -0.15) is 0 Å². The minimum Gasteiger partial charge on any atom is -0.507 e. The van der Waals surface area contributed by atoms with Crippen LogP contribution in [0.15, 0.2) is 18.2 Å². The van der Waals surface area contributed by atoms with Gasteiger partial charge in [0.25, 0.3) is 0 Å². The minimum atomic E-state index is -2.23. The topological polar surface area (TPSA) is 192 Å². The van der Waals surface area contributed by atoms with Crippen LogP contribution >= 0.6 is 0 Å². The molecular weight excluding hydrogens is 622 g/mol. The molecule has 48 heavy (non-hydrogen) atoms. The normalized spacial score (nSPS) is 26.5. The number of rotatable bonds is 14. The van der Waals surface area contributed by atoms with Crippen LogP contribution in [0.4, 0.5) is 0 Å². The molecule has 2 aliphatic carbocycles. The van der Waals surface area contributed by atoms with Gasteiger partial charge in [0.15, 0.2) is 17.9 Å². The Bertz CT molecular complexity index is 1540. The van der Waals surface area contributed by atoms with Crippen molar-refractivity contribution in [2.75, 3.05) is 20.3 Å². The fourth-order valence-electron chi connectivity index (χ4n) is 7.29. The van der Waals surface area contributed by atoms with Crippen LogP contribution in [-0.4, -0.2) is 93.3 Å². The molecule has 0 aromatic heterocycles. The predicted molar refractivity (Wildman–Crippen MR) is 174 cm³/mol. The molecule has 0 bridgehead atoms. The second-order valence-corrected chi connectivity index (χ2v) is 13.2. The van der Waals surface area contributed by atoms with Crippen molar-refractivity contribution >= 4 is 17.3 Å². The summed E-state index contributed by atoms with van der Waals surface area (Å²) in [5.74, 6) is -3.64. The van der Waals surface area contributed by atoms with Gasteiger partial charge in [0.05, 0.1) is 42.1 Å². The Morgan fingerprint density at radius 2 is 1.71 bits per heavy atom. The largest absolute Gasteiger partial charge is 0.507 e. The van der Waals surface area contributed by atoms with E-state index in [-0.39, 0.29) is 34.4 Å². The fourth-order valence-corrected chi connectivity index (χ4v) is 7.29. The highest BCUT2D eigenvalue weighted by Gasteiger charge is 2.50. The van der Waals surface area contributed by atoms with E-state index in [9.17, 15) is 39.9 Å². The van der Waals surface area contributed by atoms with E-state index >= 15 is 0 Å². The average Bonchev–Trinajstić information content (AvgIpc) is 3.07. The van der Waals surface area contributed by atoms with Gasteiger partial charge in [0.1, 0.15) is 29.5 Å². The molecule has 6 N–H and O–H groups in total. The molecule has 5 rings (SSSR count). The maximum atomic E-state index is 13.9. The zero-order chi connectivity index (χ0) is 34.7. The highest BCUT2D eigenvalue weighted by atomic mass is 16.7. The number of phenols is 2. The monoisotopic (exact) mass is 669 g/mol. The highest BCUT2D eigenvalue weighted by Crippen LogP contribution is 2.52. The Balaban J connectivity index is 1.45. The molecular formula is C36H47NO11. The number of ether oxygens (including phenoxy) is 3. The molecule has 0 spiro atoms. The van der Waals surface area contributed by atoms with Crippen LogP contribution in [0.25, 0.3) is 0 Å². The van der Waals surface area contributed by atoms with Crippen molar-refractivity contribution in [3.05, 3.63) is 51.6 Å². The van der Waals surface area contributed by atoms with Gasteiger partial charge < -0.3 is 45.1 Å². The zero-order valence-corrected chi connectivity index (χ0v) is 27.8. The van der Waals surface area contributed by atoms with Crippen molar-refractivity contribution in [2.45, 2.75) is 114 Å². The molecule has 1 heterocycles. The summed E-state index contributed by atoms with van der Waals surface area (Å²) in [6.45, 7) is 3.54. The molecule has 0 saturated carbocycles. The van der Waals surface area contributed by atoms with Crippen LogP contribution in [0.2, 0.25) is 0 Å². The summed E-state index contributed by atoms with van der Waals surface area (Å²) >= 11 is 0. The van der Waals surface area contributed by atoms with E-state index in [4.69, 9.17) is 14.2 Å². The molecule has 12 nitrogen and oxygen atoms in total. The number of nitrogens with one attached hydrogen (secondary N) is 1. The summed E-state index contributed by atoms with van der Waals surface area (Å²) in [5, 5.41) is 58.7. The number of aromatic hydroxyl groups is 2. The molecule has 262 valence electrons. The summed E-state index contributed by atoms with van der Waals surface area (Å²) in [6.07, 6.45) is 3.36. The van der Waals surface area contributed by atoms with Gasteiger partial charge in [0.2, 0.25) is 5.78 Å². The van der Waals surface area contributed by atoms with Crippen LogP contribution in [0.1, 0.15) is 121 Å². The van der Waals surface area contributed by atoms with Gasteiger partial charge in [-0.25, -0.2) is 0 Å². The van der Waals surface area contributed by atoms with Crippen molar-refractivity contribution in [2.24, 2.45) is 0 Å². The Morgan fingerprint density at radius 1 is 1.02 bits per heavy atom. The molecule has 2 aromatic carbocycles. The van der Waals surface area contributed by atoms with E-state index < -0.39 is 95.7 Å². The first kappa shape index (κ1) is 35.9. The van der Waals surface area contributed by atoms with E-state index in [0.29, 0.717) is 6.54 Å². The summed E-state index contributed by atoms with van der Waals surface area (Å²) < 4.78 is 17.6. The third-order valence-electron chi connectivity index (χ3n) is 9.95. The SMILES string of the molecule is CCCCCCCCCNC1CC(O[C@H]2C[C@](O)(C(=O)CO)Cc3c(O)c4c(c(O)c32)C(=O)c2c(OC)cccc2C4=O)OC(C)C1O. The number of aliphatic hydroxyl groups is 3. The van der Waals surface area contributed by atoms with Crippen molar-refractivity contribution < 1.29 is 54.1 Å². The summed E-state index contributed by atoms with van der Waals surface area (Å²) in [4.78, 5) is 40.4. The predicted octanol–water partition coefficient (Wildman–Crippen LogP) is 3.38. The Morgan fingerprint density at radius 3 is 2.40 bits per heavy atom. The fraction of sp³-hybridized carbons (Fsp3) is 0.583. The lowest BCUT2D eigenvalue weighted by molar-refractivity contribution is -0.249. The number of fused-ring (bicyclic) bond motifs is 3. The number of Topliss-reactive ketones (excluding diaryl/α,β-unsaturated/α-hetero) is 1. The number of hydrogen-bond acceptors (Lipinski definition) is 12. The minimum absolute atomic E-state index is 0.0370. The highest BCUT2D eigenvalue weighted by molar-refractivity contribution is 6.31. The van der Waals surface area contributed by atoms with Gasteiger partial charge in [-0.05, 0) is 26.0 Å². The van der Waals surface area contributed by atoms with E-state index in [2.05, 4.69) is 12.2 Å². The standard InChI is InChI=1S/C36H47NO11/c1-4-5-6-7-8-9-10-14-37-22-15-26(47-19(2)31(22)40)48-24-17-36(45,25(39)18-38)16-21-28(24)35(44)30-29(33(21)42)32(41)20-12-11-13-23(46-3)27(20)34(30)43/h11-13,19,22,24,26,31,37-38,40,42,44-45H,4-10,14-18H2,1-3H3/t19?,22?,24-,26?,31?,36-/m0/s1. The lowest BCUT2D eigenvalue weighted by atomic mass is 9.72. The lowest BCUT2D eigenvalue weighted by Gasteiger charge is -2.43. The molecule has 6 atom stereocenters. The van der Waals surface area contributed by atoms with Gasteiger partial charge in [-0.1, -0.05) is 57.6 Å². The summed E-state index contributed by atoms with van der Waals surface area (Å²) in [5.41, 5.74) is -3.47. The molecule has 4 unspecified atom stereocenters. The first-order valence-electron chi connectivity index (χ1n) is 16.9. The number of unbranched alkanes of at least 4 members (excludes halogenated alkanes) is 6. The molecule has 1 fully saturated rings. The second-order valence-electron chi connectivity index (χ2n) is 13.2. The number of ketones is 3. The Hall–Kier alpha value is -3.39. The maximum absolute atomic E-state index is 13.9. The third-order valence-corrected chi connectivity index (χ3v) is 9.95. The van der Waals surface area contributed by atoms with E-state index in [0.717, 1.165) is 19.3 Å². The average molecular weight is 670 g/mol. The molecule has 0 radical (unpaired) electrons. The number of hydrogen-bond donors (Lipinski definition) is 6. The van der Waals surface area contributed by atoms with Crippen molar-refractivity contribution in [3.8, 4) is 17.2 Å². The van der Waals surface area contributed by atoms with Crippen LogP contribution < -0.4 is 10.1 Å². The summed E-state index contributed by atoms with van der Waals surface area (Å²) in [7, 11) is 1.34. The first-order chi connectivity index (χ1) is 23.0. The number of benzene rings is 2. The Kier molecular flexibility index (Phi) is 11.2. The Labute approximate surface area is 280 Å². The van der Waals surface area contributed by atoms with E-state index in [1.165, 1.54) is 51.0 Å². The van der Waals surface area contributed by atoms with Crippen LogP contribution in [-0.2, 0) is 20.7 Å². The third kappa shape index (κ3) is 6.74. The van der Waals surface area contributed by atoms with Gasteiger partial charge in [-0.15, -0.1) is 0 Å². The first-order valence-corrected chi connectivity index (χ1v) is 16.9. The smallest absolute Gasteiger partial charge is 0.202 e. The van der Waals surface area contributed by atoms with Gasteiger partial charge in [-0.3, -0.25) is 14.4 Å². The van der Waals surface area contributed by atoms with E-state index in [1.54, 1.807) is 6.92 Å². The number of phenolic OH excluding ortho intramolecular Hbond substituents is 2. The molecule has 1 saturated heterocycles. The number of carbonyl (C=O) groups excluding carboxylic acids is 3. The van der Waals surface area contributed by atoms with Gasteiger partial charge >= 0.3 is 0 Å². The molecule has 2 aromatic rings. The van der Waals surface area contributed by atoms with Gasteiger partial charge in [0, 0.05) is 42.0 Å². The second kappa shape index (κ2) is 15.0. The number of carbonyl (C=O) groups is 3. The summed E-state index contributed by atoms with van der Waals surface area (Å²) in [6, 6.07) is 4.02. The number of methoxy groups -OCH3 is 1. The van der Waals surface area contributed by atoms with Crippen molar-refractivity contribution in [1.82, 2.24) is 5.32 Å². The molecule has 0 amide bonds. The van der Waals surface area contributed by atoms with E-state index in [1.807, 2.05) is 0 Å². The van der Waals surface area contributed by atoms with Crippen LogP contribution in [0, 0.1) is 0 Å². The quantitative estimate of drug-likeness (QED) is 0.109. The van der Waals surface area contributed by atoms with Crippen LogP contribution in [0.5, 0.6) is 17.2 Å². The van der Waals surface area contributed by atoms with Crippen molar-refractivity contribution in [1.29, 1.82) is 0 Å². The molecule has 1 aliphatic heterocycles. The number of aliphatic hydroxyl groups excluding tert-OH is 2. The van der Waals surface area contributed by atoms with Crippen molar-refractivity contribution in [3.63, 3.8) is 0 Å². The lowest BCUT2D eigenvalue weighted by Crippen LogP contribution is -2.54. The van der Waals surface area contributed by atoms with Crippen LogP contribution in [0.3, 0.4) is 0 Å². The molecule has 3 aliphatic rings. The zero-order valence-electron chi connectivity index (χ0n) is 27.8. The molecule has 12 heteroatoms. The maximum Gasteiger partial charge on any atom is 0.202 e.